The molecule has 0 aliphatic carbocycles. The van der Waals surface area contributed by atoms with E-state index in [9.17, 15) is 21.9 Å². The Hall–Kier alpha value is -1.64. The van der Waals surface area contributed by atoms with Gasteiger partial charge >= 0.3 is 0 Å². The first-order valence-electron chi connectivity index (χ1n) is 10.1. The molecule has 0 bridgehead atoms. The first-order valence-corrected chi connectivity index (χ1v) is 13.4. The summed E-state index contributed by atoms with van der Waals surface area (Å²) in [5.74, 6) is 5.98. The van der Waals surface area contributed by atoms with Gasteiger partial charge in [-0.25, -0.2) is 21.1 Å². The van der Waals surface area contributed by atoms with Crippen LogP contribution in [0.25, 0.3) is 0 Å². The van der Waals surface area contributed by atoms with Gasteiger partial charge in [0.25, 0.3) is 0 Å². The van der Waals surface area contributed by atoms with Crippen molar-refractivity contribution in [2.24, 2.45) is 11.8 Å². The molecule has 1 heterocycles. The molecule has 0 radical (unpaired) electrons. The van der Waals surface area contributed by atoms with Crippen molar-refractivity contribution < 1.29 is 26.7 Å². The Morgan fingerprint density at radius 3 is 2.52 bits per heavy atom. The Balaban J connectivity index is 2.62. The summed E-state index contributed by atoms with van der Waals surface area (Å²) >= 11 is 0. The third kappa shape index (κ3) is 6.20. The second-order valence-electron chi connectivity index (χ2n) is 8.37. The molecule has 8 nitrogen and oxygen atoms in total. The summed E-state index contributed by atoms with van der Waals surface area (Å²) in [6.45, 7) is 7.15. The molecule has 0 amide bonds. The van der Waals surface area contributed by atoms with Crippen molar-refractivity contribution in [1.29, 1.82) is 0 Å². The van der Waals surface area contributed by atoms with Gasteiger partial charge in [0, 0.05) is 37.0 Å². The lowest BCUT2D eigenvalue weighted by Gasteiger charge is -2.37. The van der Waals surface area contributed by atoms with Gasteiger partial charge < -0.3 is 9.84 Å². The smallest absolute Gasteiger partial charge is 0.247 e. The summed E-state index contributed by atoms with van der Waals surface area (Å²) in [4.78, 5) is -0.0261. The van der Waals surface area contributed by atoms with Crippen LogP contribution in [-0.4, -0.2) is 75.7 Å². The van der Waals surface area contributed by atoms with Gasteiger partial charge in [0.1, 0.15) is 16.7 Å². The van der Waals surface area contributed by atoms with E-state index in [0.717, 1.165) is 6.26 Å². The number of sulfonamides is 2. The van der Waals surface area contributed by atoms with Crippen molar-refractivity contribution in [3.8, 4) is 17.6 Å². The van der Waals surface area contributed by atoms with E-state index in [0.29, 0.717) is 5.56 Å². The molecule has 1 N–H and O–H groups in total. The summed E-state index contributed by atoms with van der Waals surface area (Å²) < 4.78 is 59.2. The average Bonchev–Trinajstić information content (AvgIpc) is 2.67. The van der Waals surface area contributed by atoms with Gasteiger partial charge in [-0.2, -0.15) is 4.31 Å². The minimum Gasteiger partial charge on any atom is -0.487 e. The fraction of sp³-hybridized carbons (Fsp3) is 0.619. The van der Waals surface area contributed by atoms with Crippen LogP contribution >= 0.6 is 0 Å². The molecule has 0 fully saturated rings. The molecular formula is C21H32N2O6S2. The molecule has 0 aromatic heterocycles. The van der Waals surface area contributed by atoms with Gasteiger partial charge in [-0.3, -0.25) is 0 Å². The van der Waals surface area contributed by atoms with Crippen molar-refractivity contribution >= 4 is 20.0 Å². The van der Waals surface area contributed by atoms with Crippen LogP contribution in [0.1, 0.15) is 33.3 Å². The molecule has 2 rings (SSSR count). The lowest BCUT2D eigenvalue weighted by molar-refractivity contribution is 0.0905. The number of nitrogens with zero attached hydrogens (tertiary/aromatic N) is 2. The van der Waals surface area contributed by atoms with E-state index < -0.39 is 32.2 Å². The number of aliphatic hydroxyl groups excluding tert-OH is 1. The highest BCUT2D eigenvalue weighted by Gasteiger charge is 2.38. The Kier molecular flexibility index (Phi) is 8.16. The molecular weight excluding hydrogens is 440 g/mol. The molecule has 0 saturated heterocycles. The van der Waals surface area contributed by atoms with Crippen LogP contribution in [0.3, 0.4) is 0 Å². The Labute approximate surface area is 186 Å². The number of rotatable bonds is 5. The highest BCUT2D eigenvalue weighted by molar-refractivity contribution is 7.89. The van der Waals surface area contributed by atoms with Gasteiger partial charge in [-0.05, 0) is 25.1 Å². The molecule has 0 unspecified atom stereocenters. The topological polar surface area (TPSA) is 104 Å². The molecule has 174 valence electrons. The lowest BCUT2D eigenvalue weighted by atomic mass is 10.0. The fourth-order valence-electron chi connectivity index (χ4n) is 3.14. The van der Waals surface area contributed by atoms with Gasteiger partial charge in [0.15, 0.2) is 0 Å². The normalized spacial score (nSPS) is 22.6. The van der Waals surface area contributed by atoms with Crippen molar-refractivity contribution in [2.45, 2.75) is 44.7 Å². The summed E-state index contributed by atoms with van der Waals surface area (Å²) in [5, 5.41) is 9.66. The van der Waals surface area contributed by atoms with Crippen LogP contribution in [0.2, 0.25) is 0 Å². The number of aliphatic hydroxyl groups is 1. The summed E-state index contributed by atoms with van der Waals surface area (Å²) in [7, 11) is -5.94. The van der Waals surface area contributed by atoms with E-state index in [1.54, 1.807) is 26.0 Å². The maximum absolute atomic E-state index is 13.4. The molecule has 31 heavy (non-hydrogen) atoms. The van der Waals surface area contributed by atoms with E-state index in [4.69, 9.17) is 4.74 Å². The minimum absolute atomic E-state index is 0.0261. The molecule has 0 saturated carbocycles. The van der Waals surface area contributed by atoms with Crippen LogP contribution in [-0.2, 0) is 20.0 Å². The van der Waals surface area contributed by atoms with Gasteiger partial charge in [0.2, 0.25) is 20.0 Å². The van der Waals surface area contributed by atoms with Crippen LogP contribution < -0.4 is 4.74 Å². The zero-order valence-corrected chi connectivity index (χ0v) is 20.5. The molecule has 3 atom stereocenters. The Bertz CT molecular complexity index is 1060. The molecule has 10 heteroatoms. The van der Waals surface area contributed by atoms with Crippen LogP contribution in [0.15, 0.2) is 23.1 Å². The van der Waals surface area contributed by atoms with E-state index >= 15 is 0 Å². The third-order valence-electron chi connectivity index (χ3n) is 5.18. The number of hydrogen-bond acceptors (Lipinski definition) is 6. The van der Waals surface area contributed by atoms with Gasteiger partial charge in [-0.15, -0.1) is 0 Å². The molecule has 1 aromatic carbocycles. The summed E-state index contributed by atoms with van der Waals surface area (Å²) in [6, 6.07) is 4.02. The Morgan fingerprint density at radius 2 is 1.97 bits per heavy atom. The fourth-order valence-corrected chi connectivity index (χ4v) is 5.38. The monoisotopic (exact) mass is 472 g/mol. The molecule has 1 aliphatic rings. The third-order valence-corrected chi connectivity index (χ3v) is 8.48. The number of benzene rings is 1. The van der Waals surface area contributed by atoms with Gasteiger partial charge in [0.05, 0.1) is 19.4 Å². The zero-order valence-electron chi connectivity index (χ0n) is 18.9. The number of ether oxygens (including phenoxy) is 1. The highest BCUT2D eigenvalue weighted by Crippen LogP contribution is 2.34. The maximum Gasteiger partial charge on any atom is 0.247 e. The van der Waals surface area contributed by atoms with E-state index in [2.05, 4.69) is 11.8 Å². The molecule has 1 aromatic rings. The predicted molar refractivity (Wildman–Crippen MR) is 120 cm³/mol. The van der Waals surface area contributed by atoms with Crippen molar-refractivity contribution in [3.63, 3.8) is 0 Å². The van der Waals surface area contributed by atoms with Crippen molar-refractivity contribution in [3.05, 3.63) is 23.8 Å². The van der Waals surface area contributed by atoms with E-state index in [-0.39, 0.29) is 42.2 Å². The zero-order chi connectivity index (χ0) is 23.6. The van der Waals surface area contributed by atoms with E-state index in [1.807, 2.05) is 13.8 Å². The van der Waals surface area contributed by atoms with Crippen LogP contribution in [0, 0.1) is 23.7 Å². The standard InChI is InChI=1S/C21H32N2O6S2/c1-15(2)7-8-18-9-10-21-19(11-18)29-20(13-22(5)30(6,25)26)16(3)12-23(17(4)14-24)31(21,27)28/h9-11,15-17,20,24H,12-14H2,1-6H3/t16-,17-,20+/m0/s1. The van der Waals surface area contributed by atoms with E-state index in [1.165, 1.54) is 21.7 Å². The predicted octanol–water partition coefficient (Wildman–Crippen LogP) is 1.35. The summed E-state index contributed by atoms with van der Waals surface area (Å²) in [5.41, 5.74) is 0.604. The Morgan fingerprint density at radius 1 is 1.32 bits per heavy atom. The number of fused-ring (bicyclic) bond motifs is 1. The van der Waals surface area contributed by atoms with Gasteiger partial charge in [-0.1, -0.05) is 32.6 Å². The number of hydrogen-bond donors (Lipinski definition) is 1. The number of likely N-dealkylation sites (N-methyl/N-ethyl adjacent to an activating group) is 1. The summed E-state index contributed by atoms with van der Waals surface area (Å²) in [6.07, 6.45) is 0.509. The quantitative estimate of drug-likeness (QED) is 0.649. The largest absolute Gasteiger partial charge is 0.487 e. The second-order valence-corrected chi connectivity index (χ2v) is 12.3. The first-order chi connectivity index (χ1) is 14.3. The SMILES string of the molecule is CC(C)C#Cc1ccc2c(c1)O[C@H](CN(C)S(C)(=O)=O)[C@@H](C)CN([C@@H](C)CO)S2(=O)=O. The van der Waals surface area contributed by atoms with Crippen molar-refractivity contribution in [2.75, 3.05) is 33.0 Å². The maximum atomic E-state index is 13.4. The highest BCUT2D eigenvalue weighted by atomic mass is 32.2. The first kappa shape index (κ1) is 25.6. The average molecular weight is 473 g/mol. The van der Waals surface area contributed by atoms with Crippen LogP contribution in [0.5, 0.6) is 5.75 Å². The van der Waals surface area contributed by atoms with Crippen LogP contribution in [0.4, 0.5) is 0 Å². The minimum atomic E-state index is -3.95. The molecule has 0 spiro atoms. The molecule has 1 aliphatic heterocycles. The van der Waals surface area contributed by atoms with Crippen molar-refractivity contribution in [1.82, 2.24) is 8.61 Å². The lowest BCUT2D eigenvalue weighted by Crippen LogP contribution is -2.50. The second kappa shape index (κ2) is 9.88.